The molecule has 0 bridgehead atoms. The second-order valence-electron chi connectivity index (χ2n) is 3.52. The molecule has 0 rings (SSSR count). The van der Waals surface area contributed by atoms with E-state index in [1.54, 1.807) is 0 Å². The average molecular weight is 182 g/mol. The molecule has 0 aromatic rings. The predicted octanol–water partition coefficient (Wildman–Crippen LogP) is 3.74. The Labute approximate surface area is 82.2 Å². The highest BCUT2D eigenvalue weighted by molar-refractivity contribution is 5.72. The van der Waals surface area contributed by atoms with Gasteiger partial charge in [0.1, 0.15) is 6.29 Å². The van der Waals surface area contributed by atoms with E-state index in [0.717, 1.165) is 24.7 Å². The van der Waals surface area contributed by atoms with E-state index in [2.05, 4.69) is 19.9 Å². The molecule has 0 fully saturated rings. The Balaban J connectivity index is 4.06. The SMILES string of the molecule is CCCCC(C=C(C=O)CC)CC. The smallest absolute Gasteiger partial charge is 0.145 e. The largest absolute Gasteiger partial charge is 0.298 e. The first kappa shape index (κ1) is 12.4. The van der Waals surface area contributed by atoms with Crippen molar-refractivity contribution >= 4 is 6.29 Å². The summed E-state index contributed by atoms with van der Waals surface area (Å²) < 4.78 is 0. The summed E-state index contributed by atoms with van der Waals surface area (Å²) in [6, 6.07) is 0. The first-order valence-electron chi connectivity index (χ1n) is 5.44. The Morgan fingerprint density at radius 1 is 1.31 bits per heavy atom. The molecule has 0 spiro atoms. The molecular formula is C12H22O. The van der Waals surface area contributed by atoms with Crippen LogP contribution in [0.15, 0.2) is 11.6 Å². The van der Waals surface area contributed by atoms with Gasteiger partial charge in [-0.05, 0) is 30.8 Å². The molecule has 1 nitrogen and oxygen atoms in total. The van der Waals surface area contributed by atoms with Gasteiger partial charge in [-0.1, -0.05) is 39.7 Å². The minimum atomic E-state index is 0.611. The lowest BCUT2D eigenvalue weighted by Gasteiger charge is -2.09. The van der Waals surface area contributed by atoms with Gasteiger partial charge in [-0.3, -0.25) is 4.79 Å². The Hall–Kier alpha value is -0.590. The van der Waals surface area contributed by atoms with Gasteiger partial charge in [-0.2, -0.15) is 0 Å². The molecular weight excluding hydrogens is 160 g/mol. The van der Waals surface area contributed by atoms with E-state index in [9.17, 15) is 4.79 Å². The standard InChI is InChI=1S/C12H22O/c1-4-7-8-11(5-2)9-12(6-3)10-13/h9-11H,4-8H2,1-3H3. The summed E-state index contributed by atoms with van der Waals surface area (Å²) in [7, 11) is 0. The third-order valence-corrected chi connectivity index (χ3v) is 2.46. The van der Waals surface area contributed by atoms with Gasteiger partial charge in [0.2, 0.25) is 0 Å². The second-order valence-corrected chi connectivity index (χ2v) is 3.52. The van der Waals surface area contributed by atoms with E-state index < -0.39 is 0 Å². The molecule has 0 N–H and O–H groups in total. The fraction of sp³-hybridized carbons (Fsp3) is 0.750. The number of allylic oxidation sites excluding steroid dienone is 2. The van der Waals surface area contributed by atoms with Gasteiger partial charge in [0, 0.05) is 0 Å². The normalized spacial score (nSPS) is 14.2. The van der Waals surface area contributed by atoms with Crippen molar-refractivity contribution in [2.75, 3.05) is 0 Å². The van der Waals surface area contributed by atoms with Crippen molar-refractivity contribution in [3.05, 3.63) is 11.6 Å². The summed E-state index contributed by atoms with van der Waals surface area (Å²) in [5, 5.41) is 0. The minimum Gasteiger partial charge on any atom is -0.298 e. The lowest BCUT2D eigenvalue weighted by Crippen LogP contribution is -1.97. The summed E-state index contributed by atoms with van der Waals surface area (Å²) in [5.74, 6) is 0.611. The molecule has 0 aliphatic heterocycles. The topological polar surface area (TPSA) is 17.1 Å². The van der Waals surface area contributed by atoms with Crippen LogP contribution in [0.25, 0.3) is 0 Å². The number of aldehydes is 1. The maximum absolute atomic E-state index is 10.6. The zero-order valence-corrected chi connectivity index (χ0v) is 9.18. The third-order valence-electron chi connectivity index (χ3n) is 2.46. The monoisotopic (exact) mass is 182 g/mol. The van der Waals surface area contributed by atoms with E-state index in [4.69, 9.17) is 0 Å². The highest BCUT2D eigenvalue weighted by atomic mass is 16.1. The van der Waals surface area contributed by atoms with Crippen LogP contribution in [-0.2, 0) is 4.79 Å². The number of hydrogen-bond donors (Lipinski definition) is 0. The highest BCUT2D eigenvalue weighted by Gasteiger charge is 2.03. The predicted molar refractivity (Wildman–Crippen MR) is 57.7 cm³/mol. The molecule has 1 heteroatoms. The van der Waals surface area contributed by atoms with Crippen LogP contribution in [0.3, 0.4) is 0 Å². The number of unbranched alkanes of at least 4 members (excludes halogenated alkanes) is 1. The molecule has 0 heterocycles. The molecule has 0 amide bonds. The fourth-order valence-electron chi connectivity index (χ4n) is 1.41. The summed E-state index contributed by atoms with van der Waals surface area (Å²) in [6.45, 7) is 6.43. The number of carbonyl (C=O) groups excluding carboxylic acids is 1. The average Bonchev–Trinajstić information content (AvgIpc) is 2.19. The lowest BCUT2D eigenvalue weighted by molar-refractivity contribution is -0.105. The molecule has 1 unspecified atom stereocenters. The fourth-order valence-corrected chi connectivity index (χ4v) is 1.41. The van der Waals surface area contributed by atoms with Crippen molar-refractivity contribution in [1.29, 1.82) is 0 Å². The van der Waals surface area contributed by atoms with Crippen LogP contribution in [0.4, 0.5) is 0 Å². The van der Waals surface area contributed by atoms with Crippen LogP contribution in [0.1, 0.15) is 52.9 Å². The molecule has 0 saturated carbocycles. The van der Waals surface area contributed by atoms with Crippen molar-refractivity contribution in [2.45, 2.75) is 52.9 Å². The van der Waals surface area contributed by atoms with Crippen LogP contribution >= 0.6 is 0 Å². The van der Waals surface area contributed by atoms with E-state index in [0.29, 0.717) is 5.92 Å². The van der Waals surface area contributed by atoms with E-state index in [1.807, 2.05) is 6.92 Å². The van der Waals surface area contributed by atoms with Gasteiger partial charge in [0.15, 0.2) is 0 Å². The van der Waals surface area contributed by atoms with Gasteiger partial charge in [-0.25, -0.2) is 0 Å². The Morgan fingerprint density at radius 3 is 2.38 bits per heavy atom. The van der Waals surface area contributed by atoms with Crippen LogP contribution in [0, 0.1) is 5.92 Å². The van der Waals surface area contributed by atoms with E-state index in [1.165, 1.54) is 19.3 Å². The maximum atomic E-state index is 10.6. The Kier molecular flexibility index (Phi) is 7.66. The molecule has 0 radical (unpaired) electrons. The first-order valence-corrected chi connectivity index (χ1v) is 5.44. The molecule has 0 aromatic heterocycles. The van der Waals surface area contributed by atoms with Crippen LogP contribution in [-0.4, -0.2) is 6.29 Å². The molecule has 0 aliphatic carbocycles. The van der Waals surface area contributed by atoms with Gasteiger partial charge in [0.25, 0.3) is 0 Å². The number of carbonyl (C=O) groups is 1. The minimum absolute atomic E-state index is 0.611. The van der Waals surface area contributed by atoms with Crippen molar-refractivity contribution < 1.29 is 4.79 Å². The van der Waals surface area contributed by atoms with Crippen LogP contribution < -0.4 is 0 Å². The summed E-state index contributed by atoms with van der Waals surface area (Å²) in [4.78, 5) is 10.6. The van der Waals surface area contributed by atoms with Crippen molar-refractivity contribution in [3.8, 4) is 0 Å². The summed E-state index contributed by atoms with van der Waals surface area (Å²) >= 11 is 0. The molecule has 0 aliphatic rings. The second kappa shape index (κ2) is 8.03. The van der Waals surface area contributed by atoms with Gasteiger partial charge < -0.3 is 0 Å². The molecule has 76 valence electrons. The highest BCUT2D eigenvalue weighted by Crippen LogP contribution is 2.16. The quantitative estimate of drug-likeness (QED) is 0.433. The lowest BCUT2D eigenvalue weighted by atomic mass is 9.96. The number of hydrogen-bond acceptors (Lipinski definition) is 1. The zero-order valence-electron chi connectivity index (χ0n) is 9.18. The van der Waals surface area contributed by atoms with E-state index >= 15 is 0 Å². The summed E-state index contributed by atoms with van der Waals surface area (Å²) in [5.41, 5.74) is 0.961. The maximum Gasteiger partial charge on any atom is 0.145 e. The molecule has 13 heavy (non-hydrogen) atoms. The molecule has 0 saturated heterocycles. The molecule has 0 aromatic carbocycles. The van der Waals surface area contributed by atoms with Crippen LogP contribution in [0.2, 0.25) is 0 Å². The van der Waals surface area contributed by atoms with Crippen LogP contribution in [0.5, 0.6) is 0 Å². The van der Waals surface area contributed by atoms with Crippen molar-refractivity contribution in [2.24, 2.45) is 5.92 Å². The zero-order chi connectivity index (χ0) is 10.1. The Bertz CT molecular complexity index is 159. The van der Waals surface area contributed by atoms with Crippen molar-refractivity contribution in [1.82, 2.24) is 0 Å². The van der Waals surface area contributed by atoms with E-state index in [-0.39, 0.29) is 0 Å². The van der Waals surface area contributed by atoms with Gasteiger partial charge in [0.05, 0.1) is 0 Å². The first-order chi connectivity index (χ1) is 6.28. The molecule has 1 atom stereocenters. The Morgan fingerprint density at radius 2 is 2.00 bits per heavy atom. The third kappa shape index (κ3) is 5.62. The van der Waals surface area contributed by atoms with Gasteiger partial charge >= 0.3 is 0 Å². The summed E-state index contributed by atoms with van der Waals surface area (Å²) in [6.07, 6.45) is 8.91. The number of rotatable bonds is 7. The van der Waals surface area contributed by atoms with Gasteiger partial charge in [-0.15, -0.1) is 0 Å². The van der Waals surface area contributed by atoms with Crippen molar-refractivity contribution in [3.63, 3.8) is 0 Å².